The Bertz CT molecular complexity index is 593. The molecule has 3 N–H and O–H groups in total. The van der Waals surface area contributed by atoms with Crippen LogP contribution >= 0.6 is 0 Å². The average Bonchev–Trinajstić information content (AvgIpc) is 2.86. The maximum absolute atomic E-state index is 12.5. The lowest BCUT2D eigenvalue weighted by Crippen LogP contribution is -2.38. The van der Waals surface area contributed by atoms with Crippen molar-refractivity contribution in [3.8, 4) is 0 Å². The first-order valence-corrected chi connectivity index (χ1v) is 8.26. The fourth-order valence-corrected chi connectivity index (χ4v) is 4.15. The van der Waals surface area contributed by atoms with Crippen molar-refractivity contribution in [1.29, 1.82) is 0 Å². The number of benzene rings is 1. The maximum Gasteiger partial charge on any atom is 0.241 e. The molecule has 1 heterocycles. The van der Waals surface area contributed by atoms with Crippen LogP contribution in [0.2, 0.25) is 0 Å². The smallest absolute Gasteiger partial charge is 0.241 e. The predicted molar refractivity (Wildman–Crippen MR) is 79.0 cm³/mol. The molecule has 1 aromatic carbocycles. The number of nitrogens with one attached hydrogen (secondary N) is 1. The van der Waals surface area contributed by atoms with Gasteiger partial charge in [-0.05, 0) is 50.5 Å². The molecule has 1 aromatic rings. The van der Waals surface area contributed by atoms with Gasteiger partial charge in [0, 0.05) is 24.3 Å². The number of rotatable bonds is 4. The molecule has 2 unspecified atom stereocenters. The highest BCUT2D eigenvalue weighted by atomic mass is 32.2. The van der Waals surface area contributed by atoms with E-state index in [1.54, 1.807) is 19.1 Å². The van der Waals surface area contributed by atoms with E-state index >= 15 is 0 Å². The molecule has 0 aromatic heterocycles. The zero-order chi connectivity index (χ0) is 14.9. The number of ether oxygens (including phenoxy) is 1. The maximum atomic E-state index is 12.5. The molecule has 1 aliphatic rings. The van der Waals surface area contributed by atoms with Crippen LogP contribution in [0.5, 0.6) is 0 Å². The second kappa shape index (κ2) is 5.71. The van der Waals surface area contributed by atoms with Crippen molar-refractivity contribution in [3.05, 3.63) is 23.3 Å². The minimum absolute atomic E-state index is 0.149. The summed E-state index contributed by atoms with van der Waals surface area (Å²) in [6.45, 7) is 6.76. The Balaban J connectivity index is 2.26. The lowest BCUT2D eigenvalue weighted by Gasteiger charge is -2.20. The quantitative estimate of drug-likeness (QED) is 0.827. The second-order valence-electron chi connectivity index (χ2n) is 5.51. The van der Waals surface area contributed by atoms with Crippen molar-refractivity contribution in [1.82, 2.24) is 4.72 Å². The summed E-state index contributed by atoms with van der Waals surface area (Å²) < 4.78 is 33.1. The van der Waals surface area contributed by atoms with E-state index < -0.39 is 10.0 Å². The number of nitrogens with two attached hydrogens (primary N) is 1. The van der Waals surface area contributed by atoms with Gasteiger partial charge in [-0.15, -0.1) is 0 Å². The summed E-state index contributed by atoms with van der Waals surface area (Å²) >= 11 is 0. The van der Waals surface area contributed by atoms with Gasteiger partial charge in [0.2, 0.25) is 10.0 Å². The van der Waals surface area contributed by atoms with Gasteiger partial charge in [0.05, 0.1) is 11.5 Å². The molecule has 0 aliphatic carbocycles. The van der Waals surface area contributed by atoms with E-state index in [1.807, 2.05) is 13.8 Å². The van der Waals surface area contributed by atoms with Gasteiger partial charge in [-0.3, -0.25) is 0 Å². The van der Waals surface area contributed by atoms with Crippen LogP contribution in [-0.2, 0) is 14.8 Å². The van der Waals surface area contributed by atoms with Gasteiger partial charge in [0.1, 0.15) is 0 Å². The third kappa shape index (κ3) is 3.13. The normalized spacial score (nSPS) is 21.1. The summed E-state index contributed by atoms with van der Waals surface area (Å²) in [5, 5.41) is 0. The number of hydrogen-bond acceptors (Lipinski definition) is 4. The Morgan fingerprint density at radius 1 is 1.40 bits per heavy atom. The van der Waals surface area contributed by atoms with Crippen LogP contribution in [0, 0.1) is 19.8 Å². The molecule has 0 bridgehead atoms. The zero-order valence-electron chi connectivity index (χ0n) is 12.1. The fourth-order valence-electron chi connectivity index (χ4n) is 2.48. The lowest BCUT2D eigenvalue weighted by molar-refractivity contribution is 0.180. The molecule has 0 radical (unpaired) electrons. The van der Waals surface area contributed by atoms with Crippen LogP contribution in [0.4, 0.5) is 5.69 Å². The monoisotopic (exact) mass is 298 g/mol. The highest BCUT2D eigenvalue weighted by Crippen LogP contribution is 2.24. The largest absolute Gasteiger partial charge is 0.398 e. The van der Waals surface area contributed by atoms with Crippen LogP contribution in [0.1, 0.15) is 24.5 Å². The Morgan fingerprint density at radius 3 is 2.70 bits per heavy atom. The van der Waals surface area contributed by atoms with Crippen molar-refractivity contribution in [2.45, 2.75) is 38.1 Å². The van der Waals surface area contributed by atoms with Crippen LogP contribution in [0.15, 0.2) is 17.0 Å². The van der Waals surface area contributed by atoms with Crippen molar-refractivity contribution in [2.24, 2.45) is 5.92 Å². The van der Waals surface area contributed by atoms with E-state index in [9.17, 15) is 8.42 Å². The Kier molecular flexibility index (Phi) is 4.36. The molecule has 2 atom stereocenters. The van der Waals surface area contributed by atoms with Crippen LogP contribution in [0.25, 0.3) is 0 Å². The Labute approximate surface area is 120 Å². The van der Waals surface area contributed by atoms with Crippen molar-refractivity contribution in [2.75, 3.05) is 18.9 Å². The molecule has 112 valence electrons. The molecule has 0 saturated carbocycles. The van der Waals surface area contributed by atoms with E-state index in [0.29, 0.717) is 24.5 Å². The van der Waals surface area contributed by atoms with E-state index in [1.165, 1.54) is 0 Å². The minimum atomic E-state index is -3.56. The summed E-state index contributed by atoms with van der Waals surface area (Å²) in [5.74, 6) is 0.229. The molecule has 0 amide bonds. The summed E-state index contributed by atoms with van der Waals surface area (Å²) in [7, 11) is -3.56. The van der Waals surface area contributed by atoms with Gasteiger partial charge >= 0.3 is 0 Å². The van der Waals surface area contributed by atoms with Crippen molar-refractivity contribution >= 4 is 15.7 Å². The molecule has 1 fully saturated rings. The summed E-state index contributed by atoms with van der Waals surface area (Å²) in [5.41, 5.74) is 7.79. The molecule has 6 heteroatoms. The lowest BCUT2D eigenvalue weighted by atomic mass is 10.0. The van der Waals surface area contributed by atoms with E-state index in [2.05, 4.69) is 4.72 Å². The van der Waals surface area contributed by atoms with Crippen LogP contribution in [-0.4, -0.2) is 27.7 Å². The third-order valence-electron chi connectivity index (χ3n) is 3.85. The average molecular weight is 298 g/mol. The summed E-state index contributed by atoms with van der Waals surface area (Å²) in [6, 6.07) is 3.29. The van der Waals surface area contributed by atoms with E-state index in [4.69, 9.17) is 10.5 Å². The molecule has 20 heavy (non-hydrogen) atoms. The van der Waals surface area contributed by atoms with Gasteiger partial charge < -0.3 is 10.5 Å². The molecular formula is C14H22N2O3S. The molecule has 5 nitrogen and oxygen atoms in total. The van der Waals surface area contributed by atoms with Gasteiger partial charge in [0.15, 0.2) is 0 Å². The summed E-state index contributed by atoms with van der Waals surface area (Å²) in [6.07, 6.45) is 0.888. The minimum Gasteiger partial charge on any atom is -0.398 e. The SMILES string of the molecule is Cc1cc(N)c(C)c(S(=O)(=O)NC(C)C2CCOC2)c1. The first-order chi connectivity index (χ1) is 9.31. The van der Waals surface area contributed by atoms with E-state index in [0.717, 1.165) is 12.0 Å². The second-order valence-corrected chi connectivity index (χ2v) is 7.19. The highest BCUT2D eigenvalue weighted by molar-refractivity contribution is 7.89. The first-order valence-electron chi connectivity index (χ1n) is 6.78. The molecule has 1 saturated heterocycles. The van der Waals surface area contributed by atoms with Gasteiger partial charge in [-0.2, -0.15) is 0 Å². The molecule has 2 rings (SSSR count). The van der Waals surface area contributed by atoms with Gasteiger partial charge in [-0.1, -0.05) is 0 Å². The summed E-state index contributed by atoms with van der Waals surface area (Å²) in [4.78, 5) is 0.265. The highest BCUT2D eigenvalue weighted by Gasteiger charge is 2.27. The van der Waals surface area contributed by atoms with Crippen LogP contribution in [0.3, 0.4) is 0 Å². The molecule has 1 aliphatic heterocycles. The fraction of sp³-hybridized carbons (Fsp3) is 0.571. The third-order valence-corrected chi connectivity index (χ3v) is 5.53. The number of anilines is 1. The molecular weight excluding hydrogens is 276 g/mol. The van der Waals surface area contributed by atoms with Crippen molar-refractivity contribution in [3.63, 3.8) is 0 Å². The number of sulfonamides is 1. The standard InChI is InChI=1S/C14H22N2O3S/c1-9-6-13(15)10(2)14(7-9)20(17,18)16-11(3)12-4-5-19-8-12/h6-7,11-12,16H,4-5,8,15H2,1-3H3. The van der Waals surface area contributed by atoms with Crippen molar-refractivity contribution < 1.29 is 13.2 Å². The number of aryl methyl sites for hydroxylation is 1. The first kappa shape index (κ1) is 15.3. The van der Waals surface area contributed by atoms with Crippen LogP contribution < -0.4 is 10.5 Å². The Morgan fingerprint density at radius 2 is 2.10 bits per heavy atom. The molecule has 0 spiro atoms. The topological polar surface area (TPSA) is 81.4 Å². The van der Waals surface area contributed by atoms with Gasteiger partial charge in [-0.25, -0.2) is 13.1 Å². The number of nitrogen functional groups attached to an aromatic ring is 1. The van der Waals surface area contributed by atoms with E-state index in [-0.39, 0.29) is 16.9 Å². The predicted octanol–water partition coefficient (Wildman–Crippen LogP) is 1.59. The Hall–Kier alpha value is -1.11. The number of hydrogen-bond donors (Lipinski definition) is 2. The van der Waals surface area contributed by atoms with Gasteiger partial charge in [0.25, 0.3) is 0 Å². The zero-order valence-corrected chi connectivity index (χ0v) is 13.0.